The van der Waals surface area contributed by atoms with E-state index in [1.54, 1.807) is 18.2 Å². The van der Waals surface area contributed by atoms with Crippen molar-refractivity contribution < 1.29 is 8.78 Å². The second-order valence-corrected chi connectivity index (χ2v) is 5.31. The summed E-state index contributed by atoms with van der Waals surface area (Å²) < 4.78 is 27.2. The number of hydrogen-bond acceptors (Lipinski definition) is 1. The molecule has 2 aromatic carbocycles. The van der Waals surface area contributed by atoms with E-state index in [1.165, 1.54) is 18.2 Å². The van der Waals surface area contributed by atoms with Gasteiger partial charge < -0.3 is 5.32 Å². The Balaban J connectivity index is 2.11. The molecule has 0 aromatic heterocycles. The van der Waals surface area contributed by atoms with Crippen molar-refractivity contribution in [1.82, 2.24) is 0 Å². The molecule has 1 N–H and O–H groups in total. The lowest BCUT2D eigenvalue weighted by molar-refractivity contribution is 0.613. The number of hydrogen-bond donors (Lipinski definition) is 1. The number of anilines is 1. The maximum Gasteiger partial charge on any atom is 0.129 e. The van der Waals surface area contributed by atoms with Gasteiger partial charge in [0, 0.05) is 26.4 Å². The minimum Gasteiger partial charge on any atom is -0.380 e. The van der Waals surface area contributed by atoms with Crippen LogP contribution in [0.5, 0.6) is 0 Å². The van der Waals surface area contributed by atoms with Gasteiger partial charge in [-0.05, 0) is 52.9 Å². The second-order valence-electron chi connectivity index (χ2n) is 3.71. The molecule has 0 atom stereocenters. The largest absolute Gasteiger partial charge is 0.380 e. The summed E-state index contributed by atoms with van der Waals surface area (Å²) in [6.45, 7) is 0.324. The van der Waals surface area contributed by atoms with E-state index in [9.17, 15) is 8.78 Å². The predicted octanol–water partition coefficient (Wildman–Crippen LogP) is 4.83. The molecule has 5 heteroatoms. The van der Waals surface area contributed by atoms with Crippen molar-refractivity contribution in [2.75, 3.05) is 5.32 Å². The summed E-state index contributed by atoms with van der Waals surface area (Å²) in [5.41, 5.74) is 1.28. The molecule has 0 aliphatic carbocycles. The van der Waals surface area contributed by atoms with Gasteiger partial charge in [0.1, 0.15) is 11.6 Å². The molecule has 0 aliphatic heterocycles. The Labute approximate surface area is 122 Å². The molecule has 0 unspecified atom stereocenters. The summed E-state index contributed by atoms with van der Waals surface area (Å²) >= 11 is 7.70. The molecular formula is C13H9ClF2IN. The van der Waals surface area contributed by atoms with Gasteiger partial charge in [-0.1, -0.05) is 17.7 Å². The van der Waals surface area contributed by atoms with E-state index in [2.05, 4.69) is 5.32 Å². The quantitative estimate of drug-likeness (QED) is 0.753. The fourth-order valence-electron chi connectivity index (χ4n) is 1.49. The second kappa shape index (κ2) is 5.84. The van der Waals surface area contributed by atoms with Crippen molar-refractivity contribution in [3.05, 3.63) is 62.2 Å². The Morgan fingerprint density at radius 3 is 2.56 bits per heavy atom. The van der Waals surface area contributed by atoms with Crippen molar-refractivity contribution in [1.29, 1.82) is 0 Å². The molecule has 0 radical (unpaired) electrons. The summed E-state index contributed by atoms with van der Waals surface area (Å²) in [7, 11) is 0. The molecule has 94 valence electrons. The van der Waals surface area contributed by atoms with Crippen LogP contribution in [0.25, 0.3) is 0 Å². The van der Waals surface area contributed by atoms with Crippen LogP contribution in [0.3, 0.4) is 0 Å². The fourth-order valence-corrected chi connectivity index (χ4v) is 2.32. The maximum absolute atomic E-state index is 13.5. The summed E-state index contributed by atoms with van der Waals surface area (Å²) in [6, 6.07) is 8.95. The summed E-state index contributed by atoms with van der Waals surface area (Å²) in [5.74, 6) is -0.644. The Bertz CT molecular complexity index is 523. The smallest absolute Gasteiger partial charge is 0.129 e. The van der Waals surface area contributed by atoms with Crippen molar-refractivity contribution in [2.45, 2.75) is 6.54 Å². The van der Waals surface area contributed by atoms with Crippen LogP contribution in [-0.2, 0) is 6.54 Å². The van der Waals surface area contributed by atoms with Gasteiger partial charge in [0.15, 0.2) is 0 Å². The van der Waals surface area contributed by atoms with Gasteiger partial charge in [0.25, 0.3) is 0 Å². The van der Waals surface area contributed by atoms with Crippen molar-refractivity contribution in [3.63, 3.8) is 0 Å². The van der Waals surface area contributed by atoms with Gasteiger partial charge in [-0.3, -0.25) is 0 Å². The maximum atomic E-state index is 13.5. The zero-order valence-corrected chi connectivity index (χ0v) is 12.1. The normalized spacial score (nSPS) is 10.4. The number of benzene rings is 2. The summed E-state index contributed by atoms with van der Waals surface area (Å²) in [6.07, 6.45) is 0. The van der Waals surface area contributed by atoms with Crippen LogP contribution in [0.1, 0.15) is 5.56 Å². The SMILES string of the molecule is Fc1ccc(NCc2ccc(Cl)cc2F)c(I)c1. The lowest BCUT2D eigenvalue weighted by Gasteiger charge is -2.09. The molecule has 0 fully saturated rings. The van der Waals surface area contributed by atoms with Crippen molar-refractivity contribution in [3.8, 4) is 0 Å². The molecule has 2 aromatic rings. The van der Waals surface area contributed by atoms with Crippen LogP contribution in [0, 0.1) is 15.2 Å². The van der Waals surface area contributed by atoms with E-state index in [-0.39, 0.29) is 11.6 Å². The van der Waals surface area contributed by atoms with E-state index in [1.807, 2.05) is 22.6 Å². The third-order valence-corrected chi connectivity index (χ3v) is 3.54. The molecule has 0 amide bonds. The Hall–Kier alpha value is -0.880. The summed E-state index contributed by atoms with van der Waals surface area (Å²) in [5, 5.41) is 3.43. The van der Waals surface area contributed by atoms with Crippen molar-refractivity contribution >= 4 is 39.9 Å². The first kappa shape index (κ1) is 13.5. The average Bonchev–Trinajstić information content (AvgIpc) is 2.30. The highest BCUT2D eigenvalue weighted by molar-refractivity contribution is 14.1. The number of halogens is 4. The standard InChI is InChI=1S/C13H9ClF2IN/c14-9-2-1-8(11(16)5-9)7-18-13-4-3-10(15)6-12(13)17/h1-6,18H,7H2. The number of rotatable bonds is 3. The van der Waals surface area contributed by atoms with E-state index in [0.717, 1.165) is 9.26 Å². The van der Waals surface area contributed by atoms with Crippen LogP contribution in [0.4, 0.5) is 14.5 Å². The minimum absolute atomic E-state index is 0.289. The molecule has 0 saturated heterocycles. The van der Waals surface area contributed by atoms with Crippen LogP contribution in [-0.4, -0.2) is 0 Å². The topological polar surface area (TPSA) is 12.0 Å². The van der Waals surface area contributed by atoms with Gasteiger partial charge in [-0.25, -0.2) is 8.78 Å². The zero-order chi connectivity index (χ0) is 13.1. The van der Waals surface area contributed by atoms with E-state index >= 15 is 0 Å². The van der Waals surface area contributed by atoms with Crippen LogP contribution < -0.4 is 5.32 Å². The number of nitrogens with one attached hydrogen (secondary N) is 1. The van der Waals surface area contributed by atoms with Crippen LogP contribution in [0.15, 0.2) is 36.4 Å². The van der Waals surface area contributed by atoms with Gasteiger partial charge in [0.05, 0.1) is 0 Å². The van der Waals surface area contributed by atoms with E-state index < -0.39 is 0 Å². The van der Waals surface area contributed by atoms with Gasteiger partial charge >= 0.3 is 0 Å². The lowest BCUT2D eigenvalue weighted by Crippen LogP contribution is -2.03. The molecule has 0 bridgehead atoms. The highest BCUT2D eigenvalue weighted by atomic mass is 127. The lowest BCUT2D eigenvalue weighted by atomic mass is 10.2. The Morgan fingerprint density at radius 2 is 1.89 bits per heavy atom. The average molecular weight is 380 g/mol. The van der Waals surface area contributed by atoms with E-state index in [4.69, 9.17) is 11.6 Å². The van der Waals surface area contributed by atoms with Crippen LogP contribution in [0.2, 0.25) is 5.02 Å². The summed E-state index contributed by atoms with van der Waals surface area (Å²) in [4.78, 5) is 0. The first-order valence-electron chi connectivity index (χ1n) is 5.19. The Kier molecular flexibility index (Phi) is 4.40. The van der Waals surface area contributed by atoms with Gasteiger partial charge in [-0.2, -0.15) is 0 Å². The van der Waals surface area contributed by atoms with Crippen LogP contribution >= 0.6 is 34.2 Å². The first-order valence-corrected chi connectivity index (χ1v) is 6.65. The predicted molar refractivity (Wildman–Crippen MR) is 77.9 cm³/mol. The monoisotopic (exact) mass is 379 g/mol. The highest BCUT2D eigenvalue weighted by Crippen LogP contribution is 2.21. The third kappa shape index (κ3) is 3.32. The molecule has 18 heavy (non-hydrogen) atoms. The highest BCUT2D eigenvalue weighted by Gasteiger charge is 2.05. The van der Waals surface area contributed by atoms with Gasteiger partial charge in [0.2, 0.25) is 0 Å². The molecule has 0 saturated carbocycles. The minimum atomic E-state index is -0.355. The molecule has 0 spiro atoms. The fraction of sp³-hybridized carbons (Fsp3) is 0.0769. The van der Waals surface area contributed by atoms with E-state index in [0.29, 0.717) is 17.1 Å². The molecule has 0 heterocycles. The molecule has 1 nitrogen and oxygen atoms in total. The Morgan fingerprint density at radius 1 is 1.11 bits per heavy atom. The molecule has 2 rings (SSSR count). The third-order valence-electron chi connectivity index (χ3n) is 2.42. The molecule has 0 aliphatic rings. The first-order chi connectivity index (χ1) is 8.56. The van der Waals surface area contributed by atoms with Gasteiger partial charge in [-0.15, -0.1) is 0 Å². The zero-order valence-electron chi connectivity index (χ0n) is 9.18. The molecular weight excluding hydrogens is 371 g/mol. The van der Waals surface area contributed by atoms with Crippen molar-refractivity contribution in [2.24, 2.45) is 0 Å².